The lowest BCUT2D eigenvalue weighted by Crippen LogP contribution is -2.42. The van der Waals surface area contributed by atoms with Crippen molar-refractivity contribution < 1.29 is 10.2 Å². The average Bonchev–Trinajstić information content (AvgIpc) is 2.14. The zero-order chi connectivity index (χ0) is 10.6. The fourth-order valence-corrected chi connectivity index (χ4v) is 2.16. The highest BCUT2D eigenvalue weighted by Crippen LogP contribution is 2.27. The van der Waals surface area contributed by atoms with Crippen molar-refractivity contribution in [1.29, 1.82) is 0 Å². The molecule has 14 heavy (non-hydrogen) atoms. The summed E-state index contributed by atoms with van der Waals surface area (Å²) in [6.07, 6.45) is 3.02. The van der Waals surface area contributed by atoms with Crippen LogP contribution in [0.5, 0.6) is 0 Å². The number of piperidine rings is 1. The SMILES string of the molecule is CC(C)(O)C1CCN(CCCO)CC1. The molecule has 1 rings (SSSR count). The number of rotatable bonds is 4. The molecule has 0 bridgehead atoms. The van der Waals surface area contributed by atoms with Gasteiger partial charge in [0.1, 0.15) is 0 Å². The summed E-state index contributed by atoms with van der Waals surface area (Å²) in [5, 5.41) is 18.6. The summed E-state index contributed by atoms with van der Waals surface area (Å²) in [4.78, 5) is 2.37. The molecule has 1 aliphatic rings. The van der Waals surface area contributed by atoms with Crippen molar-refractivity contribution in [3.05, 3.63) is 0 Å². The standard InChI is InChI=1S/C11H23NO2/c1-11(2,14)10-4-7-12(8-5-10)6-3-9-13/h10,13-14H,3-9H2,1-2H3. The Morgan fingerprint density at radius 1 is 1.29 bits per heavy atom. The van der Waals surface area contributed by atoms with Gasteiger partial charge in [-0.05, 0) is 52.1 Å². The molecule has 0 amide bonds. The first kappa shape index (κ1) is 12.0. The summed E-state index contributed by atoms with van der Waals surface area (Å²) in [7, 11) is 0. The lowest BCUT2D eigenvalue weighted by molar-refractivity contribution is -0.0130. The minimum absolute atomic E-state index is 0.283. The number of hydrogen-bond acceptors (Lipinski definition) is 3. The second-order valence-electron chi connectivity index (χ2n) is 4.85. The maximum atomic E-state index is 9.85. The molecule has 0 radical (unpaired) electrons. The Morgan fingerprint density at radius 3 is 2.29 bits per heavy atom. The van der Waals surface area contributed by atoms with Crippen LogP contribution in [0, 0.1) is 5.92 Å². The average molecular weight is 201 g/mol. The predicted octanol–water partition coefficient (Wildman–Crippen LogP) is 0.852. The molecule has 0 aliphatic carbocycles. The number of likely N-dealkylation sites (tertiary alicyclic amines) is 1. The number of aliphatic hydroxyl groups excluding tert-OH is 1. The van der Waals surface area contributed by atoms with Gasteiger partial charge < -0.3 is 15.1 Å². The van der Waals surface area contributed by atoms with Gasteiger partial charge in [-0.1, -0.05) is 0 Å². The highest BCUT2D eigenvalue weighted by atomic mass is 16.3. The van der Waals surface area contributed by atoms with Gasteiger partial charge in [-0.2, -0.15) is 0 Å². The van der Waals surface area contributed by atoms with Crippen molar-refractivity contribution >= 4 is 0 Å². The van der Waals surface area contributed by atoms with E-state index in [0.29, 0.717) is 5.92 Å². The first-order valence-corrected chi connectivity index (χ1v) is 5.59. The molecule has 1 heterocycles. The van der Waals surface area contributed by atoms with E-state index in [1.54, 1.807) is 0 Å². The van der Waals surface area contributed by atoms with Crippen molar-refractivity contribution in [2.24, 2.45) is 5.92 Å². The zero-order valence-electron chi connectivity index (χ0n) is 9.37. The summed E-state index contributed by atoms with van der Waals surface area (Å²) in [5.74, 6) is 0.438. The van der Waals surface area contributed by atoms with E-state index < -0.39 is 5.60 Å². The Kier molecular flexibility index (Phi) is 4.35. The van der Waals surface area contributed by atoms with Crippen LogP contribution < -0.4 is 0 Å². The molecule has 0 aromatic rings. The number of nitrogens with zero attached hydrogens (tertiary/aromatic N) is 1. The molecule has 3 heteroatoms. The van der Waals surface area contributed by atoms with Crippen LogP contribution >= 0.6 is 0 Å². The maximum Gasteiger partial charge on any atom is 0.0620 e. The molecule has 0 atom stereocenters. The van der Waals surface area contributed by atoms with Crippen LogP contribution in [0.1, 0.15) is 33.1 Å². The lowest BCUT2D eigenvalue weighted by Gasteiger charge is -2.37. The highest BCUT2D eigenvalue weighted by Gasteiger charge is 2.29. The zero-order valence-corrected chi connectivity index (χ0v) is 9.37. The Balaban J connectivity index is 2.24. The van der Waals surface area contributed by atoms with Crippen molar-refractivity contribution in [1.82, 2.24) is 4.90 Å². The quantitative estimate of drug-likeness (QED) is 0.709. The van der Waals surface area contributed by atoms with Crippen LogP contribution in [-0.4, -0.2) is 47.0 Å². The molecule has 1 saturated heterocycles. The topological polar surface area (TPSA) is 43.7 Å². The van der Waals surface area contributed by atoms with Gasteiger partial charge in [0.15, 0.2) is 0 Å². The Bertz CT molecular complexity index is 157. The van der Waals surface area contributed by atoms with E-state index in [1.807, 2.05) is 13.8 Å². The fourth-order valence-electron chi connectivity index (χ4n) is 2.16. The smallest absolute Gasteiger partial charge is 0.0620 e. The molecule has 3 nitrogen and oxygen atoms in total. The molecule has 2 N–H and O–H groups in total. The summed E-state index contributed by atoms with van der Waals surface area (Å²) in [6, 6.07) is 0. The summed E-state index contributed by atoms with van der Waals surface area (Å²) in [5.41, 5.74) is -0.525. The molecular formula is C11H23NO2. The normalized spacial score (nSPS) is 21.4. The Morgan fingerprint density at radius 2 is 1.86 bits per heavy atom. The Labute approximate surface area is 86.7 Å². The third-order valence-corrected chi connectivity index (χ3v) is 3.22. The van der Waals surface area contributed by atoms with Gasteiger partial charge in [-0.25, -0.2) is 0 Å². The Hall–Kier alpha value is -0.120. The van der Waals surface area contributed by atoms with E-state index in [4.69, 9.17) is 5.11 Å². The number of hydrogen-bond donors (Lipinski definition) is 2. The van der Waals surface area contributed by atoms with Gasteiger partial charge in [-0.15, -0.1) is 0 Å². The van der Waals surface area contributed by atoms with Crippen LogP contribution in [0.4, 0.5) is 0 Å². The van der Waals surface area contributed by atoms with Crippen LogP contribution in [0.25, 0.3) is 0 Å². The third-order valence-electron chi connectivity index (χ3n) is 3.22. The molecule has 84 valence electrons. The van der Waals surface area contributed by atoms with E-state index in [1.165, 1.54) is 0 Å². The van der Waals surface area contributed by atoms with Gasteiger partial charge in [0, 0.05) is 13.2 Å². The van der Waals surface area contributed by atoms with Crippen molar-refractivity contribution in [2.75, 3.05) is 26.2 Å². The van der Waals surface area contributed by atoms with Crippen molar-refractivity contribution in [2.45, 2.75) is 38.7 Å². The third kappa shape index (κ3) is 3.56. The van der Waals surface area contributed by atoms with Gasteiger partial charge in [0.2, 0.25) is 0 Å². The highest BCUT2D eigenvalue weighted by molar-refractivity contribution is 4.82. The maximum absolute atomic E-state index is 9.85. The molecule has 0 saturated carbocycles. The van der Waals surface area contributed by atoms with Crippen molar-refractivity contribution in [3.63, 3.8) is 0 Å². The van der Waals surface area contributed by atoms with E-state index in [2.05, 4.69) is 4.90 Å². The molecule has 1 fully saturated rings. The minimum atomic E-state index is -0.525. The van der Waals surface area contributed by atoms with Gasteiger partial charge in [0.25, 0.3) is 0 Å². The minimum Gasteiger partial charge on any atom is -0.396 e. The van der Waals surface area contributed by atoms with Crippen molar-refractivity contribution in [3.8, 4) is 0 Å². The van der Waals surface area contributed by atoms with Crippen LogP contribution in [0.15, 0.2) is 0 Å². The fraction of sp³-hybridized carbons (Fsp3) is 1.00. The molecular weight excluding hydrogens is 178 g/mol. The van der Waals surface area contributed by atoms with E-state index in [-0.39, 0.29) is 6.61 Å². The van der Waals surface area contributed by atoms with Crippen LogP contribution in [-0.2, 0) is 0 Å². The molecule has 0 aromatic heterocycles. The largest absolute Gasteiger partial charge is 0.396 e. The monoisotopic (exact) mass is 201 g/mol. The predicted molar refractivity (Wildman–Crippen MR) is 57.2 cm³/mol. The van der Waals surface area contributed by atoms with Crippen LogP contribution in [0.2, 0.25) is 0 Å². The second kappa shape index (κ2) is 5.10. The molecule has 0 aromatic carbocycles. The summed E-state index contributed by atoms with van der Waals surface area (Å²) < 4.78 is 0. The first-order chi connectivity index (χ1) is 6.54. The van der Waals surface area contributed by atoms with Gasteiger partial charge in [0.05, 0.1) is 5.60 Å². The van der Waals surface area contributed by atoms with Gasteiger partial charge >= 0.3 is 0 Å². The first-order valence-electron chi connectivity index (χ1n) is 5.59. The summed E-state index contributed by atoms with van der Waals surface area (Å²) >= 11 is 0. The second-order valence-corrected chi connectivity index (χ2v) is 4.85. The lowest BCUT2D eigenvalue weighted by atomic mass is 9.83. The van der Waals surface area contributed by atoms with E-state index in [9.17, 15) is 5.11 Å². The van der Waals surface area contributed by atoms with Gasteiger partial charge in [-0.3, -0.25) is 0 Å². The summed E-state index contributed by atoms with van der Waals surface area (Å²) in [6.45, 7) is 7.21. The van der Waals surface area contributed by atoms with E-state index in [0.717, 1.165) is 38.9 Å². The van der Waals surface area contributed by atoms with Crippen LogP contribution in [0.3, 0.4) is 0 Å². The van der Waals surface area contributed by atoms with E-state index >= 15 is 0 Å². The number of aliphatic hydroxyl groups is 2. The molecule has 0 unspecified atom stereocenters. The molecule has 0 spiro atoms. The molecule has 1 aliphatic heterocycles.